The fourth-order valence-corrected chi connectivity index (χ4v) is 1.66. The van der Waals surface area contributed by atoms with Crippen molar-refractivity contribution >= 4 is 11.7 Å². The van der Waals surface area contributed by atoms with Crippen molar-refractivity contribution in [3.8, 4) is 0 Å². The highest BCUT2D eigenvalue weighted by Gasteiger charge is 2.15. The number of amides is 1. The fourth-order valence-electron chi connectivity index (χ4n) is 1.66. The number of anilines is 1. The van der Waals surface area contributed by atoms with Crippen LogP contribution in [0.4, 0.5) is 5.82 Å². The molecular weight excluding hydrogens is 244 g/mol. The molecule has 0 aliphatic rings. The summed E-state index contributed by atoms with van der Waals surface area (Å²) in [4.78, 5) is 24.1. The topological polar surface area (TPSA) is 87.4 Å². The minimum Gasteiger partial charge on any atom is -0.337 e. The molecule has 0 spiro atoms. The molecule has 106 valence electrons. The second kappa shape index (κ2) is 7.65. The first-order valence-electron chi connectivity index (χ1n) is 6.31. The summed E-state index contributed by atoms with van der Waals surface area (Å²) in [5, 5.41) is 0. The van der Waals surface area contributed by atoms with E-state index in [4.69, 9.17) is 5.84 Å². The average molecular weight is 266 g/mol. The standard InChI is InChI=1S/C12H22N6O/c1-4-18(7-5-6-17(2)3)12(19)10-8-15-11(16-13)9-14-10/h8-9H,4-7,13H2,1-3H3,(H,15,16). The van der Waals surface area contributed by atoms with Crippen LogP contribution in [0.1, 0.15) is 23.8 Å². The molecule has 1 heterocycles. The Kier molecular flexibility index (Phi) is 6.17. The molecule has 1 rings (SSSR count). The molecule has 0 fully saturated rings. The van der Waals surface area contributed by atoms with Crippen molar-refractivity contribution in [1.82, 2.24) is 19.8 Å². The van der Waals surface area contributed by atoms with Crippen LogP contribution in [0.2, 0.25) is 0 Å². The molecule has 0 saturated carbocycles. The van der Waals surface area contributed by atoms with Crippen LogP contribution in [0.3, 0.4) is 0 Å². The maximum Gasteiger partial charge on any atom is 0.274 e. The van der Waals surface area contributed by atoms with Crippen LogP contribution in [0.5, 0.6) is 0 Å². The number of carbonyl (C=O) groups excluding carboxylic acids is 1. The number of nitrogen functional groups attached to an aromatic ring is 1. The van der Waals surface area contributed by atoms with Gasteiger partial charge in [0.05, 0.1) is 12.4 Å². The number of rotatable bonds is 7. The summed E-state index contributed by atoms with van der Waals surface area (Å²) in [6.45, 7) is 4.28. The van der Waals surface area contributed by atoms with E-state index in [9.17, 15) is 4.79 Å². The normalized spacial score (nSPS) is 10.6. The SMILES string of the molecule is CCN(CCCN(C)C)C(=O)c1cnc(NN)cn1. The van der Waals surface area contributed by atoms with E-state index in [0.717, 1.165) is 13.0 Å². The molecule has 0 radical (unpaired) electrons. The number of nitrogens with two attached hydrogens (primary N) is 1. The third-order valence-corrected chi connectivity index (χ3v) is 2.72. The second-order valence-corrected chi connectivity index (χ2v) is 4.47. The number of nitrogens with one attached hydrogen (secondary N) is 1. The van der Waals surface area contributed by atoms with E-state index < -0.39 is 0 Å². The highest BCUT2D eigenvalue weighted by Crippen LogP contribution is 2.04. The Balaban J connectivity index is 2.61. The first-order chi connectivity index (χ1) is 9.08. The van der Waals surface area contributed by atoms with Crippen LogP contribution in [0.15, 0.2) is 12.4 Å². The molecule has 0 aromatic carbocycles. The first kappa shape index (κ1) is 15.3. The Morgan fingerprint density at radius 1 is 1.32 bits per heavy atom. The minimum absolute atomic E-state index is 0.0997. The van der Waals surface area contributed by atoms with Gasteiger partial charge in [-0.25, -0.2) is 15.8 Å². The van der Waals surface area contributed by atoms with Gasteiger partial charge in [-0.1, -0.05) is 0 Å². The quantitative estimate of drug-likeness (QED) is 0.540. The van der Waals surface area contributed by atoms with Crippen molar-refractivity contribution in [2.45, 2.75) is 13.3 Å². The molecule has 0 bridgehead atoms. The van der Waals surface area contributed by atoms with Gasteiger partial charge in [0.15, 0.2) is 5.82 Å². The lowest BCUT2D eigenvalue weighted by atomic mass is 10.3. The molecule has 0 saturated heterocycles. The van der Waals surface area contributed by atoms with Crippen LogP contribution < -0.4 is 11.3 Å². The van der Waals surface area contributed by atoms with Gasteiger partial charge in [-0.2, -0.15) is 0 Å². The summed E-state index contributed by atoms with van der Waals surface area (Å²) >= 11 is 0. The molecule has 1 aromatic heterocycles. The van der Waals surface area contributed by atoms with Gasteiger partial charge in [0.1, 0.15) is 5.69 Å². The summed E-state index contributed by atoms with van der Waals surface area (Å²) in [7, 11) is 4.03. The Hall–Kier alpha value is -1.73. The van der Waals surface area contributed by atoms with Crippen LogP contribution in [-0.4, -0.2) is 59.4 Å². The number of aromatic nitrogens is 2. The maximum atomic E-state index is 12.2. The van der Waals surface area contributed by atoms with Crippen molar-refractivity contribution in [2.75, 3.05) is 39.2 Å². The Morgan fingerprint density at radius 3 is 2.53 bits per heavy atom. The molecule has 7 nitrogen and oxygen atoms in total. The van der Waals surface area contributed by atoms with Crippen LogP contribution in [0.25, 0.3) is 0 Å². The van der Waals surface area contributed by atoms with Gasteiger partial charge in [0, 0.05) is 13.1 Å². The molecule has 0 aliphatic heterocycles. The van der Waals surface area contributed by atoms with E-state index in [0.29, 0.717) is 24.6 Å². The van der Waals surface area contributed by atoms with Gasteiger partial charge >= 0.3 is 0 Å². The molecule has 1 amide bonds. The largest absolute Gasteiger partial charge is 0.337 e. The average Bonchev–Trinajstić information content (AvgIpc) is 2.43. The lowest BCUT2D eigenvalue weighted by Crippen LogP contribution is -2.33. The lowest BCUT2D eigenvalue weighted by molar-refractivity contribution is 0.0753. The van der Waals surface area contributed by atoms with Crippen molar-refractivity contribution in [1.29, 1.82) is 0 Å². The Morgan fingerprint density at radius 2 is 2.05 bits per heavy atom. The summed E-state index contributed by atoms with van der Waals surface area (Å²) in [6, 6.07) is 0. The van der Waals surface area contributed by atoms with Gasteiger partial charge in [-0.15, -0.1) is 0 Å². The van der Waals surface area contributed by atoms with E-state index in [1.807, 2.05) is 21.0 Å². The molecule has 19 heavy (non-hydrogen) atoms. The van der Waals surface area contributed by atoms with E-state index in [1.54, 1.807) is 4.90 Å². The fraction of sp³-hybridized carbons (Fsp3) is 0.583. The van der Waals surface area contributed by atoms with Crippen molar-refractivity contribution in [3.05, 3.63) is 18.1 Å². The third kappa shape index (κ3) is 4.80. The highest BCUT2D eigenvalue weighted by atomic mass is 16.2. The van der Waals surface area contributed by atoms with Gasteiger partial charge in [0.25, 0.3) is 5.91 Å². The van der Waals surface area contributed by atoms with Gasteiger partial charge < -0.3 is 15.2 Å². The van der Waals surface area contributed by atoms with Crippen LogP contribution in [0, 0.1) is 0 Å². The summed E-state index contributed by atoms with van der Waals surface area (Å²) in [6.07, 6.45) is 3.81. The molecule has 1 aromatic rings. The van der Waals surface area contributed by atoms with E-state index in [1.165, 1.54) is 12.4 Å². The zero-order valence-corrected chi connectivity index (χ0v) is 11.8. The minimum atomic E-state index is -0.0997. The Labute approximate surface area is 113 Å². The molecule has 0 aliphatic carbocycles. The smallest absolute Gasteiger partial charge is 0.274 e. The lowest BCUT2D eigenvalue weighted by Gasteiger charge is -2.21. The summed E-state index contributed by atoms with van der Waals surface area (Å²) in [5.41, 5.74) is 2.72. The third-order valence-electron chi connectivity index (χ3n) is 2.72. The number of carbonyl (C=O) groups is 1. The predicted molar refractivity (Wildman–Crippen MR) is 74.6 cm³/mol. The molecule has 3 N–H and O–H groups in total. The second-order valence-electron chi connectivity index (χ2n) is 4.47. The summed E-state index contributed by atoms with van der Waals surface area (Å²) in [5.74, 6) is 5.54. The number of hydrazine groups is 1. The number of hydrogen-bond donors (Lipinski definition) is 2. The molecule has 7 heteroatoms. The zero-order valence-electron chi connectivity index (χ0n) is 11.8. The van der Waals surface area contributed by atoms with Crippen LogP contribution in [-0.2, 0) is 0 Å². The van der Waals surface area contributed by atoms with Gasteiger partial charge in [-0.3, -0.25) is 4.79 Å². The van der Waals surface area contributed by atoms with E-state index in [2.05, 4.69) is 20.3 Å². The molecule has 0 unspecified atom stereocenters. The van der Waals surface area contributed by atoms with Crippen molar-refractivity contribution in [2.24, 2.45) is 5.84 Å². The summed E-state index contributed by atoms with van der Waals surface area (Å²) < 4.78 is 0. The number of nitrogens with zero attached hydrogens (tertiary/aromatic N) is 4. The maximum absolute atomic E-state index is 12.2. The van der Waals surface area contributed by atoms with Gasteiger partial charge in [-0.05, 0) is 34.0 Å². The monoisotopic (exact) mass is 266 g/mol. The van der Waals surface area contributed by atoms with Crippen molar-refractivity contribution in [3.63, 3.8) is 0 Å². The highest BCUT2D eigenvalue weighted by molar-refractivity contribution is 5.92. The van der Waals surface area contributed by atoms with Gasteiger partial charge in [0.2, 0.25) is 0 Å². The zero-order chi connectivity index (χ0) is 14.3. The molecule has 0 atom stereocenters. The van der Waals surface area contributed by atoms with E-state index >= 15 is 0 Å². The van der Waals surface area contributed by atoms with Crippen LogP contribution >= 0.6 is 0 Å². The Bertz CT molecular complexity index is 392. The predicted octanol–water partition coefficient (Wildman–Crippen LogP) is 0.176. The van der Waals surface area contributed by atoms with Crippen molar-refractivity contribution < 1.29 is 4.79 Å². The molecular formula is C12H22N6O. The van der Waals surface area contributed by atoms with E-state index in [-0.39, 0.29) is 5.91 Å². The number of hydrogen-bond acceptors (Lipinski definition) is 6. The first-order valence-corrected chi connectivity index (χ1v) is 6.31.